The summed E-state index contributed by atoms with van der Waals surface area (Å²) in [6, 6.07) is 7.58. The number of halogens is 3. The van der Waals surface area contributed by atoms with E-state index < -0.39 is 12.1 Å². The molecule has 2 saturated heterocycles. The van der Waals surface area contributed by atoms with E-state index in [1.54, 1.807) is 7.11 Å². The smallest absolute Gasteiger partial charge is 0.490 e. The van der Waals surface area contributed by atoms with Crippen molar-refractivity contribution in [3.8, 4) is 5.75 Å². The van der Waals surface area contributed by atoms with Gasteiger partial charge in [-0.2, -0.15) is 13.2 Å². The Labute approximate surface area is 186 Å². The lowest BCUT2D eigenvalue weighted by molar-refractivity contribution is -0.192. The second-order valence-corrected chi connectivity index (χ2v) is 7.94. The summed E-state index contributed by atoms with van der Waals surface area (Å²) in [6.07, 6.45) is -1.36. The second-order valence-electron chi connectivity index (χ2n) is 7.94. The Morgan fingerprint density at radius 1 is 1.16 bits per heavy atom. The third kappa shape index (κ3) is 7.67. The number of ether oxygens (including phenoxy) is 2. The van der Waals surface area contributed by atoms with Gasteiger partial charge in [-0.15, -0.1) is 0 Å². The maximum atomic E-state index is 13.0. The number of hydrogen-bond acceptors (Lipinski definition) is 5. The first-order chi connectivity index (χ1) is 15.1. The number of carbonyl (C=O) groups is 2. The van der Waals surface area contributed by atoms with E-state index in [2.05, 4.69) is 11.8 Å². The van der Waals surface area contributed by atoms with Gasteiger partial charge in [0.25, 0.3) is 5.91 Å². The SMILES string of the molecule is COc1ccc(C(=O)N2CCOC[C@@H](CCN3CCCC3)[C@@H]2C)cc1.O=C(O)C(F)(F)F. The molecule has 0 aliphatic carbocycles. The summed E-state index contributed by atoms with van der Waals surface area (Å²) in [5.74, 6) is -1.50. The molecule has 1 N–H and O–H groups in total. The molecule has 1 aromatic rings. The van der Waals surface area contributed by atoms with Crippen LogP contribution in [0.25, 0.3) is 0 Å². The Balaban J connectivity index is 0.000000451. The van der Waals surface area contributed by atoms with Gasteiger partial charge in [-0.1, -0.05) is 0 Å². The zero-order chi connectivity index (χ0) is 23.7. The lowest BCUT2D eigenvalue weighted by Gasteiger charge is -2.32. The van der Waals surface area contributed by atoms with Crippen molar-refractivity contribution in [3.05, 3.63) is 29.8 Å². The van der Waals surface area contributed by atoms with E-state index in [9.17, 15) is 18.0 Å². The fourth-order valence-electron chi connectivity index (χ4n) is 3.86. The molecule has 0 bridgehead atoms. The molecule has 2 fully saturated rings. The first kappa shape index (κ1) is 25.9. The molecule has 1 amide bonds. The van der Waals surface area contributed by atoms with Crippen LogP contribution in [0.1, 0.15) is 36.5 Å². The van der Waals surface area contributed by atoms with E-state index in [0.29, 0.717) is 24.6 Å². The van der Waals surface area contributed by atoms with Gasteiger partial charge in [-0.25, -0.2) is 4.79 Å². The van der Waals surface area contributed by atoms with Crippen LogP contribution in [0.5, 0.6) is 5.75 Å². The van der Waals surface area contributed by atoms with E-state index in [0.717, 1.165) is 25.3 Å². The molecule has 180 valence electrons. The highest BCUT2D eigenvalue weighted by molar-refractivity contribution is 5.94. The van der Waals surface area contributed by atoms with E-state index in [4.69, 9.17) is 19.4 Å². The summed E-state index contributed by atoms with van der Waals surface area (Å²) < 4.78 is 42.7. The van der Waals surface area contributed by atoms with Crippen LogP contribution in [0.3, 0.4) is 0 Å². The Hall–Kier alpha value is -2.33. The average molecular weight is 460 g/mol. The molecule has 3 rings (SSSR count). The molecule has 7 nitrogen and oxygen atoms in total. The topological polar surface area (TPSA) is 79.3 Å². The number of carbonyl (C=O) groups excluding carboxylic acids is 1. The summed E-state index contributed by atoms with van der Waals surface area (Å²) in [5, 5.41) is 7.12. The van der Waals surface area contributed by atoms with Crippen molar-refractivity contribution < 1.29 is 37.3 Å². The molecular formula is C22H31F3N2O5. The van der Waals surface area contributed by atoms with Gasteiger partial charge < -0.3 is 24.4 Å². The predicted molar refractivity (Wildman–Crippen MR) is 112 cm³/mol. The number of nitrogens with zero attached hydrogens (tertiary/aromatic N) is 2. The number of alkyl halides is 3. The van der Waals surface area contributed by atoms with Crippen LogP contribution in [-0.2, 0) is 9.53 Å². The van der Waals surface area contributed by atoms with E-state index in [1.807, 2.05) is 29.2 Å². The summed E-state index contributed by atoms with van der Waals surface area (Å²) in [4.78, 5) is 26.4. The van der Waals surface area contributed by atoms with Gasteiger partial charge in [0.15, 0.2) is 0 Å². The zero-order valence-corrected chi connectivity index (χ0v) is 18.4. The summed E-state index contributed by atoms with van der Waals surface area (Å²) >= 11 is 0. The van der Waals surface area contributed by atoms with Gasteiger partial charge in [0.1, 0.15) is 5.75 Å². The van der Waals surface area contributed by atoms with Crippen LogP contribution >= 0.6 is 0 Å². The molecule has 2 aliphatic heterocycles. The number of rotatable bonds is 5. The van der Waals surface area contributed by atoms with Crippen LogP contribution in [0.2, 0.25) is 0 Å². The molecule has 0 unspecified atom stereocenters. The first-order valence-corrected chi connectivity index (χ1v) is 10.7. The summed E-state index contributed by atoms with van der Waals surface area (Å²) in [6.45, 7) is 7.75. The lowest BCUT2D eigenvalue weighted by Crippen LogP contribution is -2.43. The first-order valence-electron chi connectivity index (χ1n) is 10.7. The maximum Gasteiger partial charge on any atom is 0.490 e. The molecule has 0 saturated carbocycles. The van der Waals surface area contributed by atoms with Gasteiger partial charge in [0.05, 0.1) is 20.3 Å². The molecule has 2 atom stereocenters. The zero-order valence-electron chi connectivity index (χ0n) is 18.4. The van der Waals surface area contributed by atoms with Gasteiger partial charge >= 0.3 is 12.1 Å². The molecular weight excluding hydrogens is 429 g/mol. The van der Waals surface area contributed by atoms with Gasteiger partial charge in [-0.05, 0) is 70.1 Å². The lowest BCUT2D eigenvalue weighted by atomic mass is 9.96. The van der Waals surface area contributed by atoms with Gasteiger partial charge in [-0.3, -0.25) is 4.79 Å². The largest absolute Gasteiger partial charge is 0.497 e. The highest BCUT2D eigenvalue weighted by Crippen LogP contribution is 2.23. The highest BCUT2D eigenvalue weighted by Gasteiger charge is 2.38. The summed E-state index contributed by atoms with van der Waals surface area (Å²) in [5.41, 5.74) is 0.716. The van der Waals surface area contributed by atoms with Crippen molar-refractivity contribution in [1.29, 1.82) is 0 Å². The number of carboxylic acids is 1. The van der Waals surface area contributed by atoms with Crippen LogP contribution in [0.4, 0.5) is 13.2 Å². The van der Waals surface area contributed by atoms with Gasteiger partial charge in [0.2, 0.25) is 0 Å². The van der Waals surface area contributed by atoms with Crippen LogP contribution in [0.15, 0.2) is 24.3 Å². The normalized spacial score (nSPS) is 22.0. The summed E-state index contributed by atoms with van der Waals surface area (Å²) in [7, 11) is 1.63. The van der Waals surface area contributed by atoms with Crippen LogP contribution in [-0.4, -0.2) is 85.5 Å². The third-order valence-corrected chi connectivity index (χ3v) is 5.84. The standard InChI is InChI=1S/C20H30N2O3.C2HF3O2/c1-16-18(9-12-21-10-3-4-11-21)15-25-14-13-22(16)20(23)17-5-7-19(24-2)8-6-17;3-2(4,5)1(6)7/h5-8,16,18H,3-4,9-15H2,1-2H3;(H,6,7)/t16-,18+;/m0./s1. The van der Waals surface area contributed by atoms with Crippen molar-refractivity contribution in [1.82, 2.24) is 9.80 Å². The minimum atomic E-state index is -5.08. The fourth-order valence-corrected chi connectivity index (χ4v) is 3.86. The maximum absolute atomic E-state index is 13.0. The Morgan fingerprint density at radius 2 is 1.75 bits per heavy atom. The predicted octanol–water partition coefficient (Wildman–Crippen LogP) is 3.29. The monoisotopic (exact) mass is 460 g/mol. The Bertz CT molecular complexity index is 736. The number of benzene rings is 1. The number of carboxylic acid groups (broad SMARTS) is 1. The van der Waals surface area contributed by atoms with Crippen molar-refractivity contribution in [2.45, 2.75) is 38.4 Å². The Kier molecular flexibility index (Phi) is 9.77. The number of hydrogen-bond donors (Lipinski definition) is 1. The highest BCUT2D eigenvalue weighted by atomic mass is 19.4. The average Bonchev–Trinajstić information content (AvgIpc) is 3.21. The molecule has 10 heteroatoms. The van der Waals surface area contributed by atoms with Crippen molar-refractivity contribution in [2.24, 2.45) is 5.92 Å². The number of methoxy groups -OCH3 is 1. The van der Waals surface area contributed by atoms with Crippen LogP contribution < -0.4 is 4.74 Å². The van der Waals surface area contributed by atoms with Crippen molar-refractivity contribution >= 4 is 11.9 Å². The Morgan fingerprint density at radius 3 is 2.28 bits per heavy atom. The van der Waals surface area contributed by atoms with E-state index in [1.165, 1.54) is 25.9 Å². The number of amides is 1. The van der Waals surface area contributed by atoms with E-state index >= 15 is 0 Å². The molecule has 0 radical (unpaired) electrons. The molecule has 1 aromatic carbocycles. The minimum Gasteiger partial charge on any atom is -0.497 e. The molecule has 32 heavy (non-hydrogen) atoms. The molecule has 2 heterocycles. The van der Waals surface area contributed by atoms with Crippen molar-refractivity contribution in [3.63, 3.8) is 0 Å². The molecule has 0 aromatic heterocycles. The number of likely N-dealkylation sites (tertiary alicyclic amines) is 1. The fraction of sp³-hybridized carbons (Fsp3) is 0.636. The van der Waals surface area contributed by atoms with Crippen LogP contribution in [0, 0.1) is 5.92 Å². The van der Waals surface area contributed by atoms with E-state index in [-0.39, 0.29) is 11.9 Å². The minimum absolute atomic E-state index is 0.0897. The quantitative estimate of drug-likeness (QED) is 0.727. The molecule has 2 aliphatic rings. The van der Waals surface area contributed by atoms with Crippen molar-refractivity contribution in [2.75, 3.05) is 46.5 Å². The third-order valence-electron chi connectivity index (χ3n) is 5.84. The molecule has 0 spiro atoms. The second kappa shape index (κ2) is 12.1. The number of aliphatic carboxylic acids is 1. The van der Waals surface area contributed by atoms with Gasteiger partial charge in [0, 0.05) is 24.1 Å².